The number of benzene rings is 1. The molecule has 1 rings (SSSR count). The molecule has 0 saturated heterocycles. The lowest BCUT2D eigenvalue weighted by atomic mass is 10.3. The van der Waals surface area contributed by atoms with Crippen LogP contribution in [-0.4, -0.2) is 29.5 Å². The van der Waals surface area contributed by atoms with Gasteiger partial charge in [-0.2, -0.15) is 0 Å². The van der Waals surface area contributed by atoms with Gasteiger partial charge in [-0.1, -0.05) is 0 Å². The number of ether oxygens (including phenoxy) is 1. The Balaban J connectivity index is 2.41. The van der Waals surface area contributed by atoms with E-state index in [9.17, 15) is 0 Å². The molecule has 0 bridgehead atoms. The maximum Gasteiger partial charge on any atom is 0.119 e. The minimum atomic E-state index is -0.823. The Kier molecular flexibility index (Phi) is 4.08. The molecule has 1 aromatic carbocycles. The van der Waals surface area contributed by atoms with Crippen LogP contribution in [0.2, 0.25) is 0 Å². The Morgan fingerprint density at radius 3 is 2.46 bits per heavy atom. The Labute approximate surface area is 82.4 Å². The molecule has 0 aliphatic rings. The summed E-state index contributed by atoms with van der Waals surface area (Å²) >= 11 is 4.11. The van der Waals surface area contributed by atoms with Gasteiger partial charge < -0.3 is 14.9 Å². The van der Waals surface area contributed by atoms with E-state index in [1.165, 1.54) is 0 Å². The fourth-order valence-corrected chi connectivity index (χ4v) is 0.937. The zero-order chi connectivity index (χ0) is 9.68. The second kappa shape index (κ2) is 5.11. The number of rotatable bonds is 4. The molecule has 0 amide bonds. The van der Waals surface area contributed by atoms with Crippen LogP contribution in [0.25, 0.3) is 0 Å². The number of hydrogen-bond donors (Lipinski definition) is 3. The summed E-state index contributed by atoms with van der Waals surface area (Å²) in [6.07, 6.45) is -0.823. The molecule has 4 heteroatoms. The van der Waals surface area contributed by atoms with Crippen LogP contribution in [0.4, 0.5) is 0 Å². The molecule has 0 spiro atoms. The lowest BCUT2D eigenvalue weighted by Crippen LogP contribution is -2.21. The van der Waals surface area contributed by atoms with Crippen molar-refractivity contribution in [1.29, 1.82) is 0 Å². The molecule has 0 radical (unpaired) electrons. The van der Waals surface area contributed by atoms with Crippen LogP contribution in [-0.2, 0) is 0 Å². The van der Waals surface area contributed by atoms with E-state index >= 15 is 0 Å². The van der Waals surface area contributed by atoms with Crippen LogP contribution < -0.4 is 4.74 Å². The van der Waals surface area contributed by atoms with Crippen molar-refractivity contribution in [2.45, 2.75) is 11.0 Å². The summed E-state index contributed by atoms with van der Waals surface area (Å²) in [4.78, 5) is 0.857. The van der Waals surface area contributed by atoms with Gasteiger partial charge in [0, 0.05) is 4.90 Å². The van der Waals surface area contributed by atoms with Crippen molar-refractivity contribution in [3.63, 3.8) is 0 Å². The molecule has 0 saturated carbocycles. The van der Waals surface area contributed by atoms with E-state index in [4.69, 9.17) is 14.9 Å². The van der Waals surface area contributed by atoms with Gasteiger partial charge in [-0.25, -0.2) is 0 Å². The number of aliphatic hydroxyl groups excluding tert-OH is 2. The zero-order valence-electron chi connectivity index (χ0n) is 7.05. The smallest absolute Gasteiger partial charge is 0.119 e. The van der Waals surface area contributed by atoms with Gasteiger partial charge in [-0.3, -0.25) is 0 Å². The second-order valence-corrected chi connectivity index (χ2v) is 3.16. The standard InChI is InChI=1S/C9H12O3S/c10-5-7(11)6-12-8-1-3-9(13)4-2-8/h1-4,7,10-11,13H,5-6H2. The van der Waals surface area contributed by atoms with Gasteiger partial charge in [0.25, 0.3) is 0 Å². The third kappa shape index (κ3) is 3.67. The van der Waals surface area contributed by atoms with Gasteiger partial charge in [0.1, 0.15) is 18.5 Å². The molecular weight excluding hydrogens is 188 g/mol. The Morgan fingerprint density at radius 2 is 1.92 bits per heavy atom. The Morgan fingerprint density at radius 1 is 1.31 bits per heavy atom. The van der Waals surface area contributed by atoms with Gasteiger partial charge in [0.15, 0.2) is 0 Å². The van der Waals surface area contributed by atoms with Crippen LogP contribution in [0.1, 0.15) is 0 Å². The minimum Gasteiger partial charge on any atom is -0.491 e. The molecule has 0 aromatic heterocycles. The topological polar surface area (TPSA) is 49.7 Å². The molecule has 13 heavy (non-hydrogen) atoms. The highest BCUT2D eigenvalue weighted by molar-refractivity contribution is 7.80. The Bertz CT molecular complexity index is 248. The maximum absolute atomic E-state index is 8.98. The molecule has 1 atom stereocenters. The van der Waals surface area contributed by atoms with Gasteiger partial charge in [-0.05, 0) is 24.3 Å². The zero-order valence-corrected chi connectivity index (χ0v) is 7.95. The van der Waals surface area contributed by atoms with Crippen molar-refractivity contribution in [3.05, 3.63) is 24.3 Å². The summed E-state index contributed by atoms with van der Waals surface area (Å²) in [6.45, 7) is -0.187. The van der Waals surface area contributed by atoms with Crippen LogP contribution in [0, 0.1) is 0 Å². The van der Waals surface area contributed by atoms with E-state index < -0.39 is 6.10 Å². The normalized spacial score (nSPS) is 12.5. The number of hydrogen-bond acceptors (Lipinski definition) is 4. The van der Waals surface area contributed by atoms with Gasteiger partial charge >= 0.3 is 0 Å². The first kappa shape index (κ1) is 10.4. The molecule has 0 aliphatic carbocycles. The van der Waals surface area contributed by atoms with Gasteiger partial charge in [0.2, 0.25) is 0 Å². The van der Waals surface area contributed by atoms with E-state index in [0.29, 0.717) is 5.75 Å². The molecule has 0 aliphatic heterocycles. The van der Waals surface area contributed by atoms with E-state index in [-0.39, 0.29) is 13.2 Å². The predicted molar refractivity (Wildman–Crippen MR) is 52.3 cm³/mol. The highest BCUT2D eigenvalue weighted by Gasteiger charge is 2.02. The fraction of sp³-hybridized carbons (Fsp3) is 0.333. The van der Waals surface area contributed by atoms with Crippen molar-refractivity contribution < 1.29 is 14.9 Å². The summed E-state index contributed by atoms with van der Waals surface area (Å²) < 4.78 is 5.17. The summed E-state index contributed by atoms with van der Waals surface area (Å²) in [5.41, 5.74) is 0. The lowest BCUT2D eigenvalue weighted by molar-refractivity contribution is 0.0536. The summed E-state index contributed by atoms with van der Waals surface area (Å²) in [5, 5.41) is 17.5. The van der Waals surface area contributed by atoms with Crippen molar-refractivity contribution in [1.82, 2.24) is 0 Å². The first-order valence-electron chi connectivity index (χ1n) is 3.93. The highest BCUT2D eigenvalue weighted by atomic mass is 32.1. The fourth-order valence-electron chi connectivity index (χ4n) is 0.787. The SMILES string of the molecule is OCC(O)COc1ccc(S)cc1. The van der Waals surface area contributed by atoms with Crippen molar-refractivity contribution in [2.75, 3.05) is 13.2 Å². The largest absolute Gasteiger partial charge is 0.491 e. The lowest BCUT2D eigenvalue weighted by Gasteiger charge is -2.09. The van der Waals surface area contributed by atoms with Gasteiger partial charge in [0.05, 0.1) is 6.61 Å². The molecule has 2 N–H and O–H groups in total. The van der Waals surface area contributed by atoms with Crippen molar-refractivity contribution in [3.8, 4) is 5.75 Å². The third-order valence-corrected chi connectivity index (χ3v) is 1.79. The van der Waals surface area contributed by atoms with Crippen molar-refractivity contribution in [2.24, 2.45) is 0 Å². The molecule has 1 aromatic rings. The second-order valence-electron chi connectivity index (χ2n) is 2.64. The quantitative estimate of drug-likeness (QED) is 0.627. The molecular formula is C9H12O3S. The molecule has 0 heterocycles. The number of thiol groups is 1. The first-order chi connectivity index (χ1) is 6.22. The Hall–Kier alpha value is -0.710. The first-order valence-corrected chi connectivity index (χ1v) is 4.38. The molecule has 72 valence electrons. The van der Waals surface area contributed by atoms with Crippen LogP contribution >= 0.6 is 12.6 Å². The molecule has 1 unspecified atom stereocenters. The minimum absolute atomic E-state index is 0.0996. The highest BCUT2D eigenvalue weighted by Crippen LogP contribution is 2.14. The van der Waals surface area contributed by atoms with E-state index in [1.54, 1.807) is 24.3 Å². The summed E-state index contributed by atoms with van der Waals surface area (Å²) in [6, 6.07) is 7.10. The van der Waals surface area contributed by atoms with Crippen molar-refractivity contribution >= 4 is 12.6 Å². The van der Waals surface area contributed by atoms with E-state index in [1.807, 2.05) is 0 Å². The molecule has 0 fully saturated rings. The van der Waals surface area contributed by atoms with Crippen LogP contribution in [0.15, 0.2) is 29.2 Å². The monoisotopic (exact) mass is 200 g/mol. The maximum atomic E-state index is 8.98. The molecule has 3 nitrogen and oxygen atoms in total. The van der Waals surface area contributed by atoms with E-state index in [2.05, 4.69) is 12.6 Å². The summed E-state index contributed by atoms with van der Waals surface area (Å²) in [7, 11) is 0. The predicted octanol–water partition coefficient (Wildman–Crippen LogP) is 0.707. The summed E-state index contributed by atoms with van der Waals surface area (Å²) in [5.74, 6) is 0.658. The van der Waals surface area contributed by atoms with E-state index in [0.717, 1.165) is 4.90 Å². The average molecular weight is 200 g/mol. The average Bonchev–Trinajstić information content (AvgIpc) is 2.16. The van der Waals surface area contributed by atoms with Crippen LogP contribution in [0.3, 0.4) is 0 Å². The number of aliphatic hydroxyl groups is 2. The van der Waals surface area contributed by atoms with Crippen LogP contribution in [0.5, 0.6) is 5.75 Å². The third-order valence-electron chi connectivity index (χ3n) is 1.49. The van der Waals surface area contributed by atoms with Gasteiger partial charge in [-0.15, -0.1) is 12.6 Å².